The molecule has 67 heavy (non-hydrogen) atoms. The van der Waals surface area contributed by atoms with Crippen LogP contribution in [0.1, 0.15) is 25.0 Å². The van der Waals surface area contributed by atoms with E-state index >= 15 is 0 Å². The van der Waals surface area contributed by atoms with Crippen LogP contribution in [0.5, 0.6) is 0 Å². The third-order valence-corrected chi connectivity index (χ3v) is 14.3. The molecule has 0 N–H and O–H groups in total. The van der Waals surface area contributed by atoms with Gasteiger partial charge in [0.2, 0.25) is 0 Å². The largest absolute Gasteiger partial charge is 0.456 e. The number of benzene rings is 11. The van der Waals surface area contributed by atoms with Crippen molar-refractivity contribution >= 4 is 60.5 Å². The number of rotatable bonds is 7. The van der Waals surface area contributed by atoms with Crippen molar-refractivity contribution in [2.24, 2.45) is 0 Å². The molecule has 11 aromatic carbocycles. The zero-order valence-corrected chi connectivity index (χ0v) is 37.4. The highest BCUT2D eigenvalue weighted by molar-refractivity contribution is 6.17. The molecule has 0 saturated heterocycles. The molecule has 0 saturated carbocycles. The van der Waals surface area contributed by atoms with E-state index in [0.29, 0.717) is 0 Å². The topological polar surface area (TPSA) is 16.4 Å². The van der Waals surface area contributed by atoms with Gasteiger partial charge in [0, 0.05) is 33.1 Å². The van der Waals surface area contributed by atoms with Crippen LogP contribution >= 0.6 is 0 Å². The quantitative estimate of drug-likeness (QED) is 0.149. The van der Waals surface area contributed by atoms with E-state index < -0.39 is 0 Å². The molecule has 0 aliphatic heterocycles. The van der Waals surface area contributed by atoms with E-state index in [-0.39, 0.29) is 5.41 Å². The van der Waals surface area contributed by atoms with E-state index in [4.69, 9.17) is 4.42 Å². The van der Waals surface area contributed by atoms with Gasteiger partial charge in [-0.15, -0.1) is 0 Å². The Morgan fingerprint density at radius 2 is 0.910 bits per heavy atom. The predicted molar refractivity (Wildman–Crippen MR) is 283 cm³/mol. The predicted octanol–water partition coefficient (Wildman–Crippen LogP) is 18.3. The molecule has 0 unspecified atom stereocenters. The maximum absolute atomic E-state index is 6.38. The Kier molecular flexibility index (Phi) is 8.91. The van der Waals surface area contributed by atoms with Crippen LogP contribution in [0.3, 0.4) is 0 Å². The van der Waals surface area contributed by atoms with E-state index in [9.17, 15) is 0 Å². The molecule has 0 radical (unpaired) electrons. The van der Waals surface area contributed by atoms with Gasteiger partial charge in [-0.25, -0.2) is 0 Å². The molecule has 13 rings (SSSR count). The SMILES string of the molecule is CC1(C)c2ccccc2-c2ccc(N(c3ccc(-c4ccccc4-c4ccccc4)cc3)c3cccc(-c4ccc5oc6ccccc6c5c4)c3-c3cc4ccccc4c4ccccc34)cc21. The molecule has 0 fully saturated rings. The summed E-state index contributed by atoms with van der Waals surface area (Å²) in [7, 11) is 0. The van der Waals surface area contributed by atoms with Gasteiger partial charge in [-0.05, 0) is 137 Å². The van der Waals surface area contributed by atoms with E-state index in [1.54, 1.807) is 0 Å². The fraction of sp³-hybridized carbons (Fsp3) is 0.0462. The first-order valence-corrected chi connectivity index (χ1v) is 23.2. The minimum absolute atomic E-state index is 0.180. The summed E-state index contributed by atoms with van der Waals surface area (Å²) in [4.78, 5) is 2.50. The summed E-state index contributed by atoms with van der Waals surface area (Å²) < 4.78 is 6.38. The monoisotopic (exact) mass is 855 g/mol. The average Bonchev–Trinajstić information content (AvgIpc) is 3.87. The summed E-state index contributed by atoms with van der Waals surface area (Å²) in [5.74, 6) is 0. The fourth-order valence-electron chi connectivity index (χ4n) is 11.1. The Morgan fingerprint density at radius 3 is 1.72 bits per heavy atom. The zero-order chi connectivity index (χ0) is 44.6. The second-order valence-electron chi connectivity index (χ2n) is 18.4. The average molecular weight is 856 g/mol. The van der Waals surface area contributed by atoms with Gasteiger partial charge in [0.25, 0.3) is 0 Å². The fourth-order valence-corrected chi connectivity index (χ4v) is 11.1. The summed E-state index contributed by atoms with van der Waals surface area (Å²) in [6.07, 6.45) is 0. The molecule has 0 bridgehead atoms. The lowest BCUT2D eigenvalue weighted by atomic mass is 9.82. The number of nitrogens with zero attached hydrogens (tertiary/aromatic N) is 1. The van der Waals surface area contributed by atoms with Gasteiger partial charge in [0.05, 0.1) is 5.69 Å². The first-order chi connectivity index (χ1) is 33.0. The van der Waals surface area contributed by atoms with Crippen molar-refractivity contribution in [2.75, 3.05) is 4.90 Å². The first kappa shape index (κ1) is 39.0. The summed E-state index contributed by atoms with van der Waals surface area (Å²) >= 11 is 0. The van der Waals surface area contributed by atoms with Crippen LogP contribution in [0, 0.1) is 0 Å². The summed E-state index contributed by atoms with van der Waals surface area (Å²) in [6, 6.07) is 86.7. The number of para-hydroxylation sites is 1. The van der Waals surface area contributed by atoms with Gasteiger partial charge in [0.1, 0.15) is 11.2 Å². The van der Waals surface area contributed by atoms with Crippen molar-refractivity contribution in [1.29, 1.82) is 0 Å². The van der Waals surface area contributed by atoms with Gasteiger partial charge >= 0.3 is 0 Å². The third-order valence-electron chi connectivity index (χ3n) is 14.3. The second kappa shape index (κ2) is 15.3. The lowest BCUT2D eigenvalue weighted by Crippen LogP contribution is -2.17. The number of anilines is 3. The molecule has 0 amide bonds. The lowest BCUT2D eigenvalue weighted by molar-refractivity contribution is 0.660. The summed E-state index contributed by atoms with van der Waals surface area (Å²) in [5, 5.41) is 7.12. The van der Waals surface area contributed by atoms with Crippen LogP contribution in [-0.4, -0.2) is 0 Å². The van der Waals surface area contributed by atoms with Crippen LogP contribution in [0.2, 0.25) is 0 Å². The van der Waals surface area contributed by atoms with Gasteiger partial charge in [-0.1, -0.05) is 196 Å². The Labute approximate surface area is 390 Å². The first-order valence-electron chi connectivity index (χ1n) is 23.2. The molecule has 1 aromatic heterocycles. The molecular weight excluding hydrogens is 811 g/mol. The normalized spacial score (nSPS) is 12.7. The van der Waals surface area contributed by atoms with Crippen LogP contribution in [0.15, 0.2) is 241 Å². The van der Waals surface area contributed by atoms with Crippen LogP contribution in [0.25, 0.3) is 99.1 Å². The standard InChI is InChI=1S/C65H45NO/c1-65(2)59-28-14-12-25-54(59)55-37-36-47(41-60(55)65)66(46-34-31-43(32-35-46)49-21-9-8-20-48(49)42-17-4-3-5-18-42)61-29-16-27-51(45-33-38-63-57(39-45)56-26-13-15-30-62(56)67-63)64(61)58-40-44-19-6-7-22-50(44)52-23-10-11-24-53(52)58/h3-41H,1-2H3. The van der Waals surface area contributed by atoms with E-state index in [1.807, 2.05) is 6.07 Å². The van der Waals surface area contributed by atoms with Crippen molar-refractivity contribution < 1.29 is 4.42 Å². The number of furan rings is 1. The maximum Gasteiger partial charge on any atom is 0.135 e. The number of fused-ring (bicyclic) bond motifs is 9. The molecule has 0 spiro atoms. The highest BCUT2D eigenvalue weighted by atomic mass is 16.3. The highest BCUT2D eigenvalue weighted by Gasteiger charge is 2.36. The molecule has 0 atom stereocenters. The number of hydrogen-bond donors (Lipinski definition) is 0. The van der Waals surface area contributed by atoms with Crippen molar-refractivity contribution in [3.05, 3.63) is 248 Å². The Bertz CT molecular complexity index is 3890. The molecule has 1 heterocycles. The van der Waals surface area contributed by atoms with Crippen LogP contribution in [-0.2, 0) is 5.41 Å². The molecular formula is C65H45NO. The van der Waals surface area contributed by atoms with Gasteiger partial charge in [-0.3, -0.25) is 0 Å². The second-order valence-corrected chi connectivity index (χ2v) is 18.4. The lowest BCUT2D eigenvalue weighted by Gasteiger charge is -2.31. The Hall–Kier alpha value is -8.46. The minimum atomic E-state index is -0.180. The van der Waals surface area contributed by atoms with Crippen LogP contribution in [0.4, 0.5) is 17.1 Å². The van der Waals surface area contributed by atoms with Crippen molar-refractivity contribution in [3.63, 3.8) is 0 Å². The number of hydrogen-bond acceptors (Lipinski definition) is 2. The molecule has 1 aliphatic carbocycles. The summed E-state index contributed by atoms with van der Waals surface area (Å²) in [6.45, 7) is 4.74. The third kappa shape index (κ3) is 6.25. The smallest absolute Gasteiger partial charge is 0.135 e. The van der Waals surface area contributed by atoms with Crippen molar-refractivity contribution in [3.8, 4) is 55.6 Å². The zero-order valence-electron chi connectivity index (χ0n) is 37.4. The van der Waals surface area contributed by atoms with Crippen molar-refractivity contribution in [2.45, 2.75) is 19.3 Å². The van der Waals surface area contributed by atoms with E-state index in [2.05, 4.69) is 249 Å². The van der Waals surface area contributed by atoms with E-state index in [0.717, 1.165) is 55.7 Å². The van der Waals surface area contributed by atoms with Crippen LogP contribution < -0.4 is 4.90 Å². The highest BCUT2D eigenvalue weighted by Crippen LogP contribution is 2.53. The van der Waals surface area contributed by atoms with Crippen molar-refractivity contribution in [1.82, 2.24) is 0 Å². The molecule has 1 aliphatic rings. The molecule has 2 nitrogen and oxygen atoms in total. The maximum atomic E-state index is 6.38. The van der Waals surface area contributed by atoms with Gasteiger partial charge in [0.15, 0.2) is 0 Å². The van der Waals surface area contributed by atoms with Gasteiger partial charge in [-0.2, -0.15) is 0 Å². The molecule has 316 valence electrons. The van der Waals surface area contributed by atoms with E-state index in [1.165, 1.54) is 71.6 Å². The summed E-state index contributed by atoms with van der Waals surface area (Å²) in [5.41, 5.74) is 19.6. The molecule has 2 heteroatoms. The molecule has 12 aromatic rings. The Morgan fingerprint density at radius 1 is 0.328 bits per heavy atom. The minimum Gasteiger partial charge on any atom is -0.456 e. The van der Waals surface area contributed by atoms with Gasteiger partial charge < -0.3 is 9.32 Å². The Balaban J connectivity index is 1.09.